The molecule has 3 N–H and O–H groups in total. The van der Waals surface area contributed by atoms with Gasteiger partial charge < -0.3 is 10.8 Å². The molecule has 0 amide bonds. The van der Waals surface area contributed by atoms with Crippen LogP contribution in [0.5, 0.6) is 0 Å². The van der Waals surface area contributed by atoms with Gasteiger partial charge in [-0.25, -0.2) is 14.8 Å². The Kier molecular flexibility index (Phi) is 4.03. The number of hydrogen-bond acceptors (Lipinski definition) is 4. The Morgan fingerprint density at radius 3 is 2.27 bits per heavy atom. The van der Waals surface area contributed by atoms with Crippen molar-refractivity contribution in [2.75, 3.05) is 5.73 Å². The van der Waals surface area contributed by atoms with Crippen LogP contribution in [0.1, 0.15) is 28.5 Å². The van der Waals surface area contributed by atoms with Crippen molar-refractivity contribution in [1.29, 1.82) is 0 Å². The smallest absolute Gasteiger partial charge is 0.434 e. The van der Waals surface area contributed by atoms with Crippen molar-refractivity contribution in [1.82, 2.24) is 9.97 Å². The van der Waals surface area contributed by atoms with E-state index in [1.807, 2.05) is 0 Å². The molecule has 0 saturated carbocycles. The first-order chi connectivity index (χ1) is 10.3. The normalized spacial score (nSPS) is 11.5. The van der Waals surface area contributed by atoms with E-state index in [2.05, 4.69) is 29.0 Å². The zero-order valence-electron chi connectivity index (χ0n) is 11.5. The molecule has 8 heteroatoms. The number of hydrogen-bond donors (Lipinski definition) is 2. The fraction of sp³-hybridized carbons (Fsp3) is 0.214. The molecule has 0 fully saturated rings. The molecular weight excluding hydrogens is 299 g/mol. The lowest BCUT2D eigenvalue weighted by Crippen LogP contribution is -2.15. The van der Waals surface area contributed by atoms with Crippen molar-refractivity contribution in [2.45, 2.75) is 19.5 Å². The molecule has 116 valence electrons. The van der Waals surface area contributed by atoms with Crippen LogP contribution >= 0.6 is 0 Å². The molecular formula is C14H12F3N3O2. The number of carbonyl (C=O) groups is 1. The number of benzene rings is 1. The molecule has 0 spiro atoms. The maximum atomic E-state index is 12.1. The summed E-state index contributed by atoms with van der Waals surface area (Å²) in [6.07, 6.45) is -2.43. The van der Waals surface area contributed by atoms with E-state index in [4.69, 9.17) is 10.8 Å². The van der Waals surface area contributed by atoms with Gasteiger partial charge in [-0.1, -0.05) is 19.1 Å². The highest BCUT2D eigenvalue weighted by Crippen LogP contribution is 2.44. The third kappa shape index (κ3) is 2.72. The Morgan fingerprint density at radius 1 is 1.32 bits per heavy atom. The maximum absolute atomic E-state index is 12.1. The number of carboxylic acid groups (broad SMARTS) is 1. The van der Waals surface area contributed by atoms with E-state index in [-0.39, 0.29) is 0 Å². The summed E-state index contributed by atoms with van der Waals surface area (Å²) >= 11 is 0. The predicted molar refractivity (Wildman–Crippen MR) is 73.2 cm³/mol. The molecule has 0 bridgehead atoms. The molecule has 2 aliphatic carbocycles. The number of aromatic carboxylic acids is 1. The summed E-state index contributed by atoms with van der Waals surface area (Å²) in [5.41, 5.74) is 8.36. The molecule has 1 aromatic rings. The highest BCUT2D eigenvalue weighted by Gasteiger charge is 2.37. The van der Waals surface area contributed by atoms with Crippen molar-refractivity contribution in [3.63, 3.8) is 0 Å². The van der Waals surface area contributed by atoms with E-state index in [0.29, 0.717) is 12.5 Å². The van der Waals surface area contributed by atoms with E-state index in [9.17, 15) is 18.0 Å². The van der Waals surface area contributed by atoms with Crippen LogP contribution in [0.3, 0.4) is 0 Å². The van der Waals surface area contributed by atoms with Crippen molar-refractivity contribution in [2.24, 2.45) is 0 Å². The Labute approximate surface area is 123 Å². The lowest BCUT2D eigenvalue weighted by molar-refractivity contribution is -0.141. The van der Waals surface area contributed by atoms with E-state index in [1.165, 1.54) is 16.7 Å². The summed E-state index contributed by atoms with van der Waals surface area (Å²) in [5, 5.41) is 8.35. The maximum Gasteiger partial charge on any atom is 0.434 e. The first-order valence-corrected chi connectivity index (χ1v) is 6.29. The Morgan fingerprint density at radius 2 is 1.95 bits per heavy atom. The van der Waals surface area contributed by atoms with Crippen LogP contribution in [0.2, 0.25) is 0 Å². The first kappa shape index (κ1) is 15.7. The molecule has 1 heterocycles. The Bertz CT molecular complexity index is 730. The zero-order chi connectivity index (χ0) is 16.5. The largest absolute Gasteiger partial charge is 0.478 e. The number of rotatable bonds is 2. The summed E-state index contributed by atoms with van der Waals surface area (Å²) in [7, 11) is 0. The van der Waals surface area contributed by atoms with Gasteiger partial charge in [0.2, 0.25) is 0 Å². The number of halogens is 3. The fourth-order valence-electron chi connectivity index (χ4n) is 2.09. The van der Waals surface area contributed by atoms with Crippen LogP contribution in [0, 0.1) is 0 Å². The topological polar surface area (TPSA) is 89.1 Å². The number of fused-ring (bicyclic) bond motifs is 1. The van der Waals surface area contributed by atoms with Gasteiger partial charge in [0.1, 0.15) is 11.9 Å². The number of alkyl halides is 3. The zero-order valence-corrected chi connectivity index (χ0v) is 11.5. The third-order valence-electron chi connectivity index (χ3n) is 3.21. The van der Waals surface area contributed by atoms with Gasteiger partial charge in [-0.3, -0.25) is 0 Å². The van der Waals surface area contributed by atoms with Crippen molar-refractivity contribution < 1.29 is 23.1 Å². The lowest BCUT2D eigenvalue weighted by atomic mass is 9.82. The van der Waals surface area contributed by atoms with E-state index >= 15 is 0 Å². The van der Waals surface area contributed by atoms with Gasteiger partial charge in [0.25, 0.3) is 0 Å². The predicted octanol–water partition coefficient (Wildman–Crippen LogP) is 3.01. The second-order valence-electron chi connectivity index (χ2n) is 4.49. The monoisotopic (exact) mass is 311 g/mol. The number of nitrogens with zero attached hydrogens (tertiary/aromatic N) is 2. The standard InChI is InChI=1S/C8H9N.C6H3F3N2O2/c1-2-5-6-3-4-7(6)8(5)9;7-6(8,9)4-3(5(12)13)1-10-2-11-4/h3-4H,2,9H2,1H3;1-2H,(H,12,13). The van der Waals surface area contributed by atoms with Crippen LogP contribution in [0.4, 0.5) is 18.9 Å². The van der Waals surface area contributed by atoms with E-state index in [0.717, 1.165) is 12.1 Å². The fourth-order valence-corrected chi connectivity index (χ4v) is 2.09. The summed E-state index contributed by atoms with van der Waals surface area (Å²) in [5.74, 6) is -1.70. The average molecular weight is 311 g/mol. The molecule has 3 rings (SSSR count). The summed E-state index contributed by atoms with van der Waals surface area (Å²) < 4.78 is 36.2. The van der Waals surface area contributed by atoms with Gasteiger partial charge in [0, 0.05) is 17.4 Å². The Balaban J connectivity index is 0.000000170. The molecule has 0 saturated heterocycles. The molecule has 5 nitrogen and oxygen atoms in total. The molecule has 22 heavy (non-hydrogen) atoms. The van der Waals surface area contributed by atoms with Gasteiger partial charge in [0.15, 0.2) is 5.69 Å². The molecule has 2 aliphatic rings. The van der Waals surface area contributed by atoms with Gasteiger partial charge in [-0.05, 0) is 17.5 Å². The minimum atomic E-state index is -4.77. The van der Waals surface area contributed by atoms with Gasteiger partial charge in [0.05, 0.1) is 0 Å². The molecule has 0 unspecified atom stereocenters. The number of nitrogens with two attached hydrogens (primary N) is 1. The lowest BCUT2D eigenvalue weighted by Gasteiger charge is -2.24. The van der Waals surface area contributed by atoms with Crippen LogP contribution in [-0.2, 0) is 12.6 Å². The highest BCUT2D eigenvalue weighted by atomic mass is 19.4. The number of aromatic nitrogens is 2. The summed E-state index contributed by atoms with van der Waals surface area (Å²) in [4.78, 5) is 16.3. The first-order valence-electron chi connectivity index (χ1n) is 6.29. The molecule has 0 atom stereocenters. The molecule has 1 aromatic heterocycles. The van der Waals surface area contributed by atoms with Crippen LogP contribution in [0.25, 0.3) is 11.1 Å². The number of carboxylic acids is 1. The van der Waals surface area contributed by atoms with Crippen molar-refractivity contribution >= 4 is 11.7 Å². The van der Waals surface area contributed by atoms with Gasteiger partial charge in [-0.15, -0.1) is 0 Å². The van der Waals surface area contributed by atoms with Crippen molar-refractivity contribution in [3.8, 4) is 11.1 Å². The highest BCUT2D eigenvalue weighted by molar-refractivity contribution is 5.95. The average Bonchev–Trinajstić information content (AvgIpc) is 2.43. The van der Waals surface area contributed by atoms with Crippen LogP contribution in [0.15, 0.2) is 24.7 Å². The quantitative estimate of drug-likeness (QED) is 0.710. The van der Waals surface area contributed by atoms with Crippen molar-refractivity contribution in [3.05, 3.63) is 41.5 Å². The van der Waals surface area contributed by atoms with E-state index < -0.39 is 23.4 Å². The molecule has 0 aromatic carbocycles. The number of nitrogen functional groups attached to an aromatic ring is 1. The minimum absolute atomic E-state index is 0.609. The minimum Gasteiger partial charge on any atom is -0.478 e. The second-order valence-corrected chi connectivity index (χ2v) is 4.49. The molecule has 0 aliphatic heterocycles. The van der Waals surface area contributed by atoms with Gasteiger partial charge >= 0.3 is 12.1 Å². The number of anilines is 1. The third-order valence-corrected chi connectivity index (χ3v) is 3.21. The Hall–Kier alpha value is -2.64. The SMILES string of the molecule is CCc1c2ccc-2c1N.O=C(O)c1cncnc1C(F)(F)F. The summed E-state index contributed by atoms with van der Waals surface area (Å²) in [6.45, 7) is 2.14. The van der Waals surface area contributed by atoms with Gasteiger partial charge in [-0.2, -0.15) is 13.2 Å². The molecule has 0 radical (unpaired) electrons. The van der Waals surface area contributed by atoms with Crippen LogP contribution in [-0.4, -0.2) is 21.0 Å². The van der Waals surface area contributed by atoms with E-state index in [1.54, 1.807) is 0 Å². The second kappa shape index (κ2) is 5.63. The summed E-state index contributed by atoms with van der Waals surface area (Å²) in [6, 6.07) is 4.20. The van der Waals surface area contributed by atoms with Crippen LogP contribution < -0.4 is 5.73 Å².